The van der Waals surface area contributed by atoms with E-state index < -0.39 is 0 Å². The van der Waals surface area contributed by atoms with Gasteiger partial charge < -0.3 is 9.47 Å². The van der Waals surface area contributed by atoms with Crippen molar-refractivity contribution in [2.45, 2.75) is 44.4 Å². The molecular weight excluding hydrogens is 330 g/mol. The first kappa shape index (κ1) is 16.9. The van der Waals surface area contributed by atoms with Crippen LogP contribution >= 0.6 is 0 Å². The van der Waals surface area contributed by atoms with Crippen LogP contribution in [0.25, 0.3) is 0 Å². The highest BCUT2D eigenvalue weighted by atomic mass is 16.5. The van der Waals surface area contributed by atoms with E-state index in [4.69, 9.17) is 9.47 Å². The third kappa shape index (κ3) is 3.54. The molecule has 2 aromatic heterocycles. The number of carbonyl (C=O) groups is 1. The van der Waals surface area contributed by atoms with E-state index in [0.717, 1.165) is 29.8 Å². The maximum atomic E-state index is 11.6. The minimum Gasteiger partial charge on any atom is -0.495 e. The van der Waals surface area contributed by atoms with Crippen LogP contribution in [0.1, 0.15) is 54.6 Å². The van der Waals surface area contributed by atoms with Crippen molar-refractivity contribution in [1.82, 2.24) is 15.0 Å². The molecule has 3 atom stereocenters. The van der Waals surface area contributed by atoms with E-state index in [1.165, 1.54) is 0 Å². The Kier molecular flexibility index (Phi) is 4.57. The molecule has 2 heterocycles. The van der Waals surface area contributed by atoms with E-state index in [9.17, 15) is 4.79 Å². The van der Waals surface area contributed by atoms with Crippen molar-refractivity contribution in [3.8, 4) is 11.6 Å². The number of ketones is 1. The van der Waals surface area contributed by atoms with Gasteiger partial charge in [-0.3, -0.25) is 9.78 Å². The maximum absolute atomic E-state index is 11.6. The SMILES string of the molecule is COc1ccc(C2CC2COc2nc(C)ncc2C2CCC(=O)C2)nc1. The average Bonchev–Trinajstić information content (AvgIpc) is 3.31. The van der Waals surface area contributed by atoms with Gasteiger partial charge in [-0.25, -0.2) is 4.98 Å². The molecule has 0 N–H and O–H groups in total. The molecule has 2 aliphatic carbocycles. The minimum absolute atomic E-state index is 0.191. The van der Waals surface area contributed by atoms with Gasteiger partial charge in [0.1, 0.15) is 17.4 Å². The number of methoxy groups -OCH3 is 1. The van der Waals surface area contributed by atoms with Gasteiger partial charge in [-0.2, -0.15) is 4.98 Å². The van der Waals surface area contributed by atoms with Crippen molar-refractivity contribution < 1.29 is 14.3 Å². The summed E-state index contributed by atoms with van der Waals surface area (Å²) < 4.78 is 11.2. The Bertz CT molecular complexity index is 806. The lowest BCUT2D eigenvalue weighted by Crippen LogP contribution is -2.09. The van der Waals surface area contributed by atoms with Crippen molar-refractivity contribution in [2.75, 3.05) is 13.7 Å². The Morgan fingerprint density at radius 3 is 2.81 bits per heavy atom. The van der Waals surface area contributed by atoms with Crippen molar-refractivity contribution >= 4 is 5.78 Å². The highest BCUT2D eigenvalue weighted by molar-refractivity contribution is 5.81. The second-order valence-corrected chi connectivity index (χ2v) is 7.19. The second kappa shape index (κ2) is 7.02. The van der Waals surface area contributed by atoms with Gasteiger partial charge in [-0.1, -0.05) is 0 Å². The summed E-state index contributed by atoms with van der Waals surface area (Å²) in [6.45, 7) is 2.47. The zero-order valence-electron chi connectivity index (χ0n) is 15.1. The lowest BCUT2D eigenvalue weighted by Gasteiger charge is -2.14. The largest absolute Gasteiger partial charge is 0.495 e. The van der Waals surface area contributed by atoms with Crippen LogP contribution < -0.4 is 9.47 Å². The molecule has 0 spiro atoms. The first-order valence-electron chi connectivity index (χ1n) is 9.12. The third-order valence-electron chi connectivity index (χ3n) is 5.32. The number of nitrogens with zero attached hydrogens (tertiary/aromatic N) is 3. The molecule has 0 radical (unpaired) electrons. The van der Waals surface area contributed by atoms with Gasteiger partial charge >= 0.3 is 0 Å². The van der Waals surface area contributed by atoms with Crippen LogP contribution in [0, 0.1) is 12.8 Å². The summed E-state index contributed by atoms with van der Waals surface area (Å²) in [5.74, 6) is 3.49. The fraction of sp³-hybridized carbons (Fsp3) is 0.500. The van der Waals surface area contributed by atoms with E-state index >= 15 is 0 Å². The fourth-order valence-corrected chi connectivity index (χ4v) is 3.65. The third-order valence-corrected chi connectivity index (χ3v) is 5.32. The standard InChI is InChI=1S/C20H23N3O3/c1-12-21-10-18(13-3-4-15(24)7-13)20(23-12)26-11-14-8-17(14)19-6-5-16(25-2)9-22-19/h5-6,9-10,13-14,17H,3-4,7-8,11H2,1-2H3. The number of carbonyl (C=O) groups excluding carboxylic acids is 1. The number of hydrogen-bond donors (Lipinski definition) is 0. The van der Waals surface area contributed by atoms with Crippen LogP contribution in [-0.2, 0) is 4.79 Å². The summed E-state index contributed by atoms with van der Waals surface area (Å²) in [7, 11) is 1.64. The van der Waals surface area contributed by atoms with E-state index in [0.29, 0.717) is 48.8 Å². The molecule has 0 aliphatic heterocycles. The zero-order valence-corrected chi connectivity index (χ0v) is 15.1. The van der Waals surface area contributed by atoms with Gasteiger partial charge in [0.2, 0.25) is 5.88 Å². The molecule has 2 aliphatic rings. The van der Waals surface area contributed by atoms with Crippen LogP contribution in [0.5, 0.6) is 11.6 Å². The molecule has 26 heavy (non-hydrogen) atoms. The summed E-state index contributed by atoms with van der Waals surface area (Å²) in [5, 5.41) is 0. The summed E-state index contributed by atoms with van der Waals surface area (Å²) in [6.07, 6.45) is 6.74. The van der Waals surface area contributed by atoms with Crippen molar-refractivity contribution in [3.05, 3.63) is 41.6 Å². The lowest BCUT2D eigenvalue weighted by molar-refractivity contribution is -0.117. The maximum Gasteiger partial charge on any atom is 0.220 e. The van der Waals surface area contributed by atoms with Gasteiger partial charge in [0.15, 0.2) is 0 Å². The fourth-order valence-electron chi connectivity index (χ4n) is 3.65. The lowest BCUT2D eigenvalue weighted by atomic mass is 10.0. The monoisotopic (exact) mass is 353 g/mol. The quantitative estimate of drug-likeness (QED) is 0.794. The molecule has 0 aromatic carbocycles. The molecule has 0 bridgehead atoms. The Labute approximate surface area is 153 Å². The normalized spacial score (nSPS) is 24.5. The highest BCUT2D eigenvalue weighted by Crippen LogP contribution is 2.47. The van der Waals surface area contributed by atoms with Crippen molar-refractivity contribution in [1.29, 1.82) is 0 Å². The van der Waals surface area contributed by atoms with Crippen LogP contribution in [0.3, 0.4) is 0 Å². The van der Waals surface area contributed by atoms with Gasteiger partial charge in [0, 0.05) is 42.1 Å². The van der Waals surface area contributed by atoms with Gasteiger partial charge in [-0.05, 0) is 37.8 Å². The topological polar surface area (TPSA) is 74.2 Å². The van der Waals surface area contributed by atoms with Crippen molar-refractivity contribution in [2.24, 2.45) is 5.92 Å². The first-order chi connectivity index (χ1) is 12.6. The van der Waals surface area contributed by atoms with Gasteiger partial charge in [-0.15, -0.1) is 0 Å². The van der Waals surface area contributed by atoms with Crippen molar-refractivity contribution in [3.63, 3.8) is 0 Å². The average molecular weight is 353 g/mol. The minimum atomic E-state index is 0.191. The summed E-state index contributed by atoms with van der Waals surface area (Å²) in [4.78, 5) is 24.9. The first-order valence-corrected chi connectivity index (χ1v) is 9.12. The smallest absolute Gasteiger partial charge is 0.220 e. The zero-order chi connectivity index (χ0) is 18.1. The molecule has 2 aromatic rings. The Hall–Kier alpha value is -2.50. The summed E-state index contributed by atoms with van der Waals surface area (Å²) >= 11 is 0. The van der Waals surface area contributed by atoms with Crippen LogP contribution in [-0.4, -0.2) is 34.5 Å². The summed E-state index contributed by atoms with van der Waals surface area (Å²) in [5.41, 5.74) is 2.06. The highest BCUT2D eigenvalue weighted by Gasteiger charge is 2.40. The number of aromatic nitrogens is 3. The Morgan fingerprint density at radius 1 is 1.23 bits per heavy atom. The van der Waals surface area contributed by atoms with E-state index in [2.05, 4.69) is 15.0 Å². The number of hydrogen-bond acceptors (Lipinski definition) is 6. The van der Waals surface area contributed by atoms with E-state index in [-0.39, 0.29) is 5.92 Å². The molecule has 6 heteroatoms. The predicted molar refractivity (Wildman–Crippen MR) is 95.5 cm³/mol. The number of Topliss-reactive ketones (excluding diaryl/α,β-unsaturated/α-hetero) is 1. The second-order valence-electron chi connectivity index (χ2n) is 7.19. The molecular formula is C20H23N3O3. The molecule has 4 rings (SSSR count). The molecule has 136 valence electrons. The Balaban J connectivity index is 1.40. The molecule has 6 nitrogen and oxygen atoms in total. The van der Waals surface area contributed by atoms with Crippen LogP contribution in [0.2, 0.25) is 0 Å². The molecule has 2 saturated carbocycles. The van der Waals surface area contributed by atoms with Crippen LogP contribution in [0.15, 0.2) is 24.5 Å². The van der Waals surface area contributed by atoms with Crippen LogP contribution in [0.4, 0.5) is 0 Å². The number of aryl methyl sites for hydroxylation is 1. The Morgan fingerprint density at radius 2 is 2.12 bits per heavy atom. The number of ether oxygens (including phenoxy) is 2. The molecule has 3 unspecified atom stereocenters. The van der Waals surface area contributed by atoms with Gasteiger partial charge in [0.05, 0.1) is 19.9 Å². The predicted octanol–water partition coefficient (Wildman–Crippen LogP) is 3.21. The van der Waals surface area contributed by atoms with E-state index in [1.807, 2.05) is 25.3 Å². The summed E-state index contributed by atoms with van der Waals surface area (Å²) in [6, 6.07) is 3.97. The molecule has 2 fully saturated rings. The van der Waals surface area contributed by atoms with E-state index in [1.54, 1.807) is 13.3 Å². The van der Waals surface area contributed by atoms with Gasteiger partial charge in [0.25, 0.3) is 0 Å². The number of pyridine rings is 1. The molecule has 0 saturated heterocycles. The number of rotatable bonds is 6. The molecule has 0 amide bonds.